The van der Waals surface area contributed by atoms with Crippen LogP contribution in [0.4, 0.5) is 0 Å². The molecule has 4 aromatic carbocycles. The van der Waals surface area contributed by atoms with Crippen LogP contribution >= 0.6 is 0 Å². The van der Waals surface area contributed by atoms with Crippen molar-refractivity contribution in [3.8, 4) is 0 Å². The minimum atomic E-state index is -0.717. The molecule has 0 saturated carbocycles. The molecule has 0 spiro atoms. The third kappa shape index (κ3) is 18.1. The molecule has 0 aliphatic rings. The average Bonchev–Trinajstić information content (AvgIpc) is 3.06. The van der Waals surface area contributed by atoms with E-state index in [0.29, 0.717) is 17.5 Å². The summed E-state index contributed by atoms with van der Waals surface area (Å²) in [6, 6.07) is 36.4. The molecule has 0 aromatic heterocycles. The molecule has 0 radical (unpaired) electrons. The van der Waals surface area contributed by atoms with Crippen molar-refractivity contribution in [1.82, 2.24) is 10.6 Å². The number of carbonyl (C=O) groups excluding carboxylic acids is 4. The zero-order valence-electron chi connectivity index (χ0n) is 26.4. The number of carbonyl (C=O) groups is 4. The molecule has 6 N–H and O–H groups in total. The molecule has 4 amide bonds. The summed E-state index contributed by atoms with van der Waals surface area (Å²) < 4.78 is 0. The second-order valence-corrected chi connectivity index (χ2v) is 10.0. The van der Waals surface area contributed by atoms with Crippen molar-refractivity contribution in [2.75, 3.05) is 6.54 Å². The van der Waals surface area contributed by atoms with Gasteiger partial charge >= 0.3 is 0 Å². The van der Waals surface area contributed by atoms with Crippen LogP contribution in [0.2, 0.25) is 0 Å². The monoisotopic (exact) mass is 610 g/mol. The summed E-state index contributed by atoms with van der Waals surface area (Å²) in [5, 5.41) is 5.05. The van der Waals surface area contributed by atoms with Gasteiger partial charge in [-0.15, -0.1) is 0 Å². The summed E-state index contributed by atoms with van der Waals surface area (Å²) in [4.78, 5) is 45.1. The van der Waals surface area contributed by atoms with Gasteiger partial charge in [0.05, 0.1) is 6.54 Å². The van der Waals surface area contributed by atoms with Gasteiger partial charge in [0.1, 0.15) is 6.04 Å². The van der Waals surface area contributed by atoms with E-state index in [-0.39, 0.29) is 18.4 Å². The molecule has 8 nitrogen and oxygen atoms in total. The number of amides is 4. The Morgan fingerprint density at radius 1 is 0.622 bits per heavy atom. The van der Waals surface area contributed by atoms with Crippen LogP contribution in [0.1, 0.15) is 65.0 Å². The Kier molecular flexibility index (Phi) is 19.5. The van der Waals surface area contributed by atoms with E-state index < -0.39 is 17.9 Å². The van der Waals surface area contributed by atoms with Crippen LogP contribution in [0, 0.1) is 6.92 Å². The fourth-order valence-electron chi connectivity index (χ4n) is 3.65. The maximum atomic E-state index is 12.0. The molecule has 0 bridgehead atoms. The number of rotatable bonds is 10. The maximum absolute atomic E-state index is 12.0. The molecule has 0 unspecified atom stereocenters. The van der Waals surface area contributed by atoms with E-state index in [1.54, 1.807) is 48.5 Å². The summed E-state index contributed by atoms with van der Waals surface area (Å²) in [6.45, 7) is 6.38. The molecule has 0 saturated heterocycles. The normalized spacial score (nSPS) is 10.1. The van der Waals surface area contributed by atoms with Crippen LogP contribution in [0.5, 0.6) is 0 Å². The number of hydrogen-bond acceptors (Lipinski definition) is 4. The summed E-state index contributed by atoms with van der Waals surface area (Å²) in [7, 11) is 0. The van der Waals surface area contributed by atoms with Gasteiger partial charge in [0.2, 0.25) is 11.8 Å². The highest BCUT2D eigenvalue weighted by molar-refractivity contribution is 5.97. The van der Waals surface area contributed by atoms with Gasteiger partial charge in [0, 0.05) is 17.5 Å². The lowest BCUT2D eigenvalue weighted by molar-refractivity contribution is -0.120. The molecule has 0 aliphatic heterocycles. The van der Waals surface area contributed by atoms with Gasteiger partial charge in [-0.3, -0.25) is 19.2 Å². The molecule has 1 atom stereocenters. The average molecular weight is 611 g/mol. The third-order valence-corrected chi connectivity index (χ3v) is 6.07. The van der Waals surface area contributed by atoms with Crippen LogP contribution in [-0.4, -0.2) is 36.2 Å². The van der Waals surface area contributed by atoms with E-state index in [9.17, 15) is 19.2 Å². The summed E-state index contributed by atoms with van der Waals surface area (Å²) in [5.41, 5.74) is 13.5. The van der Waals surface area contributed by atoms with Crippen LogP contribution in [0.25, 0.3) is 0 Å². The minimum Gasteiger partial charge on any atom is -0.368 e. The summed E-state index contributed by atoms with van der Waals surface area (Å²) in [5.74, 6) is -1.69. The number of benzene rings is 4. The molecule has 0 fully saturated rings. The highest BCUT2D eigenvalue weighted by atomic mass is 16.2. The second kappa shape index (κ2) is 23.2. The molecule has 45 heavy (non-hydrogen) atoms. The molecular weight excluding hydrogens is 564 g/mol. The number of hydrogen-bond donors (Lipinski definition) is 4. The van der Waals surface area contributed by atoms with E-state index in [4.69, 9.17) is 11.5 Å². The Morgan fingerprint density at radius 2 is 1.04 bits per heavy atom. The quantitative estimate of drug-likeness (QED) is 0.185. The van der Waals surface area contributed by atoms with Crippen LogP contribution in [-0.2, 0) is 16.0 Å². The number of aryl methyl sites for hydroxylation is 1. The Hall–Kier alpha value is -5.24. The van der Waals surface area contributed by atoms with Gasteiger partial charge in [-0.05, 0) is 36.8 Å². The Balaban J connectivity index is 0.000000344. The molecule has 238 valence electrons. The highest BCUT2D eigenvalue weighted by Crippen LogP contribution is 2.05. The first-order valence-corrected chi connectivity index (χ1v) is 15.0. The maximum Gasteiger partial charge on any atom is 0.251 e. The predicted octanol–water partition coefficient (Wildman–Crippen LogP) is 5.61. The van der Waals surface area contributed by atoms with Crippen molar-refractivity contribution >= 4 is 23.6 Å². The second-order valence-electron chi connectivity index (χ2n) is 10.0. The number of nitrogens with two attached hydrogens (primary N) is 2. The Bertz CT molecular complexity index is 1380. The van der Waals surface area contributed by atoms with Crippen LogP contribution < -0.4 is 22.1 Å². The van der Waals surface area contributed by atoms with E-state index in [0.717, 1.165) is 5.56 Å². The molecule has 0 aliphatic carbocycles. The lowest BCUT2D eigenvalue weighted by Gasteiger charge is -2.15. The van der Waals surface area contributed by atoms with Gasteiger partial charge < -0.3 is 22.1 Å². The molecule has 4 aromatic rings. The molecule has 8 heteroatoms. The summed E-state index contributed by atoms with van der Waals surface area (Å²) in [6.07, 6.45) is 4.46. The summed E-state index contributed by atoms with van der Waals surface area (Å²) >= 11 is 0. The van der Waals surface area contributed by atoms with Crippen molar-refractivity contribution in [3.63, 3.8) is 0 Å². The minimum absolute atomic E-state index is 0.131. The first kappa shape index (κ1) is 37.8. The Labute approximate surface area is 267 Å². The van der Waals surface area contributed by atoms with Gasteiger partial charge in [-0.2, -0.15) is 0 Å². The fraction of sp³-hybridized carbons (Fsp3) is 0.243. The predicted molar refractivity (Wildman–Crippen MR) is 181 cm³/mol. The van der Waals surface area contributed by atoms with Crippen molar-refractivity contribution in [2.45, 2.75) is 52.5 Å². The molecule has 4 rings (SSSR count). The number of unbranched alkanes of at least 4 members (excludes halogenated alkanes) is 2. The molecule has 0 heterocycles. The van der Waals surface area contributed by atoms with Crippen molar-refractivity contribution in [2.24, 2.45) is 11.5 Å². The van der Waals surface area contributed by atoms with Gasteiger partial charge in [0.15, 0.2) is 0 Å². The third-order valence-electron chi connectivity index (χ3n) is 6.07. The Morgan fingerprint density at radius 3 is 1.40 bits per heavy atom. The highest BCUT2D eigenvalue weighted by Gasteiger charge is 2.19. The van der Waals surface area contributed by atoms with Gasteiger partial charge in [0.25, 0.3) is 11.8 Å². The smallest absolute Gasteiger partial charge is 0.251 e. The zero-order chi connectivity index (χ0) is 33.3. The van der Waals surface area contributed by atoms with E-state index in [1.807, 2.05) is 60.7 Å². The number of nitrogens with one attached hydrogen (secondary N) is 2. The van der Waals surface area contributed by atoms with E-state index in [1.165, 1.54) is 24.8 Å². The van der Waals surface area contributed by atoms with Crippen molar-refractivity contribution in [1.29, 1.82) is 0 Å². The first-order chi connectivity index (χ1) is 21.7. The number of primary amides is 2. The van der Waals surface area contributed by atoms with E-state index in [2.05, 4.69) is 43.5 Å². The SMILES string of the molecule is CCCCC.Cc1ccccc1.NC(=O)CNC(=O)c1ccccc1.NC(=O)[C@H](Cc1ccccc1)NC(=O)c1ccccc1. The van der Waals surface area contributed by atoms with Gasteiger partial charge in [-0.1, -0.05) is 136 Å². The lowest BCUT2D eigenvalue weighted by atomic mass is 10.0. The lowest BCUT2D eigenvalue weighted by Crippen LogP contribution is -2.45. The van der Waals surface area contributed by atoms with Crippen LogP contribution in [0.3, 0.4) is 0 Å². The van der Waals surface area contributed by atoms with Crippen molar-refractivity contribution in [3.05, 3.63) is 144 Å². The fourth-order valence-corrected chi connectivity index (χ4v) is 3.65. The van der Waals surface area contributed by atoms with Gasteiger partial charge in [-0.25, -0.2) is 0 Å². The van der Waals surface area contributed by atoms with Crippen molar-refractivity contribution < 1.29 is 19.2 Å². The molecular formula is C37H46N4O4. The van der Waals surface area contributed by atoms with Crippen LogP contribution in [0.15, 0.2) is 121 Å². The topological polar surface area (TPSA) is 144 Å². The first-order valence-electron chi connectivity index (χ1n) is 15.0. The van der Waals surface area contributed by atoms with E-state index >= 15 is 0 Å². The largest absolute Gasteiger partial charge is 0.368 e. The zero-order valence-corrected chi connectivity index (χ0v) is 26.4. The standard InChI is InChI=1S/C16H16N2O2.C9H10N2O2.C7H8.C5H12/c17-15(19)14(11-12-7-3-1-4-8-12)18-16(20)13-9-5-2-6-10-13;10-8(12)6-11-9(13)7-4-2-1-3-5-7;1-7-5-3-2-4-6-7;1-3-5-4-2/h1-10,14H,11H2,(H2,17,19)(H,18,20);1-5H,6H2,(H2,10,12)(H,11,13);2-6H,1H3;3-5H2,1-2H3/t14-;;;/m0.../s1.